The summed E-state index contributed by atoms with van der Waals surface area (Å²) in [5.74, 6) is 0.607. The van der Waals surface area contributed by atoms with Gasteiger partial charge in [0.1, 0.15) is 5.69 Å². The van der Waals surface area contributed by atoms with Crippen molar-refractivity contribution in [2.24, 2.45) is 11.7 Å². The van der Waals surface area contributed by atoms with E-state index < -0.39 is 0 Å². The van der Waals surface area contributed by atoms with Crippen LogP contribution in [-0.2, 0) is 6.42 Å². The summed E-state index contributed by atoms with van der Waals surface area (Å²) < 4.78 is 0. The molecule has 5 heteroatoms. The van der Waals surface area contributed by atoms with E-state index in [-0.39, 0.29) is 5.91 Å². The number of amides is 1. The van der Waals surface area contributed by atoms with Gasteiger partial charge in [0.25, 0.3) is 5.91 Å². The van der Waals surface area contributed by atoms with Crippen LogP contribution in [0.2, 0.25) is 0 Å². The van der Waals surface area contributed by atoms with Gasteiger partial charge < -0.3 is 11.1 Å². The number of carbonyl (C=O) groups is 1. The maximum Gasteiger partial charge on any atom is 0.270 e. The van der Waals surface area contributed by atoms with Crippen LogP contribution < -0.4 is 11.1 Å². The van der Waals surface area contributed by atoms with Crippen LogP contribution in [0.25, 0.3) is 0 Å². The molecule has 1 amide bonds. The molecule has 17 heavy (non-hydrogen) atoms. The van der Waals surface area contributed by atoms with Gasteiger partial charge in [-0.05, 0) is 25.3 Å². The second kappa shape index (κ2) is 7.40. The van der Waals surface area contributed by atoms with Crippen molar-refractivity contribution < 1.29 is 4.79 Å². The Morgan fingerprint density at radius 1 is 1.59 bits per heavy atom. The molecule has 0 spiro atoms. The van der Waals surface area contributed by atoms with Crippen molar-refractivity contribution in [2.75, 3.05) is 13.1 Å². The third-order valence-corrected chi connectivity index (χ3v) is 3.29. The minimum atomic E-state index is -0.0757. The first-order chi connectivity index (χ1) is 8.13. The van der Waals surface area contributed by atoms with Crippen LogP contribution in [0.1, 0.15) is 42.2 Å². The Bertz CT molecular complexity index is 349. The minimum Gasteiger partial charge on any atom is -0.351 e. The van der Waals surface area contributed by atoms with Gasteiger partial charge in [0.2, 0.25) is 0 Å². The molecule has 0 fully saturated rings. The van der Waals surface area contributed by atoms with Gasteiger partial charge in [0.05, 0.1) is 5.01 Å². The number of carbonyl (C=O) groups excluding carboxylic acids is 1. The Hall–Kier alpha value is -0.940. The van der Waals surface area contributed by atoms with Gasteiger partial charge in [-0.1, -0.05) is 13.8 Å². The zero-order valence-electron chi connectivity index (χ0n) is 10.5. The summed E-state index contributed by atoms with van der Waals surface area (Å²) in [5.41, 5.74) is 5.96. The van der Waals surface area contributed by atoms with Crippen molar-refractivity contribution in [2.45, 2.75) is 33.1 Å². The van der Waals surface area contributed by atoms with Crippen LogP contribution in [0.5, 0.6) is 0 Å². The average Bonchev–Trinajstić information content (AvgIpc) is 2.73. The molecule has 0 aliphatic heterocycles. The Balaban J connectivity index is 2.31. The van der Waals surface area contributed by atoms with Gasteiger partial charge in [-0.25, -0.2) is 4.98 Å². The highest BCUT2D eigenvalue weighted by molar-refractivity contribution is 7.09. The van der Waals surface area contributed by atoms with Crippen molar-refractivity contribution in [1.82, 2.24) is 10.3 Å². The van der Waals surface area contributed by atoms with Gasteiger partial charge in [0.15, 0.2) is 0 Å². The molecule has 0 aliphatic carbocycles. The lowest BCUT2D eigenvalue weighted by Gasteiger charge is -2.05. The van der Waals surface area contributed by atoms with Crippen LogP contribution in [0.15, 0.2) is 5.38 Å². The SMILES string of the molecule is CC(C)CCCNC(=O)c1csc(CCN)n1. The lowest BCUT2D eigenvalue weighted by molar-refractivity contribution is 0.0948. The third-order valence-electron chi connectivity index (χ3n) is 2.39. The molecule has 0 aromatic carbocycles. The lowest BCUT2D eigenvalue weighted by atomic mass is 10.1. The molecule has 0 saturated carbocycles. The molecule has 4 nitrogen and oxygen atoms in total. The van der Waals surface area contributed by atoms with E-state index in [1.165, 1.54) is 11.3 Å². The highest BCUT2D eigenvalue weighted by Gasteiger charge is 2.09. The number of nitrogens with one attached hydrogen (secondary N) is 1. The molecular weight excluding hydrogens is 234 g/mol. The minimum absolute atomic E-state index is 0.0757. The van der Waals surface area contributed by atoms with Crippen LogP contribution in [0.3, 0.4) is 0 Å². The molecule has 96 valence electrons. The third kappa shape index (κ3) is 5.28. The Morgan fingerprint density at radius 3 is 3.00 bits per heavy atom. The molecule has 0 unspecified atom stereocenters. The molecule has 3 N–H and O–H groups in total. The maximum atomic E-state index is 11.7. The summed E-state index contributed by atoms with van der Waals surface area (Å²) in [6.45, 7) is 5.66. The molecule has 1 aromatic heterocycles. The van der Waals surface area contributed by atoms with Gasteiger partial charge in [0, 0.05) is 18.3 Å². The number of aromatic nitrogens is 1. The second-order valence-corrected chi connectivity index (χ2v) is 5.40. The lowest BCUT2D eigenvalue weighted by Crippen LogP contribution is -2.25. The fourth-order valence-electron chi connectivity index (χ4n) is 1.46. The molecule has 0 radical (unpaired) electrons. The van der Waals surface area contributed by atoms with E-state index >= 15 is 0 Å². The fourth-order valence-corrected chi connectivity index (χ4v) is 2.25. The van der Waals surface area contributed by atoms with Crippen molar-refractivity contribution in [1.29, 1.82) is 0 Å². The van der Waals surface area contributed by atoms with E-state index in [4.69, 9.17) is 5.73 Å². The molecule has 0 atom stereocenters. The fraction of sp³-hybridized carbons (Fsp3) is 0.667. The standard InChI is InChI=1S/C12H21N3OS/c1-9(2)4-3-7-14-12(16)10-8-17-11(15-10)5-6-13/h8-9H,3-7,13H2,1-2H3,(H,14,16). The molecule has 1 aromatic rings. The maximum absolute atomic E-state index is 11.7. The average molecular weight is 255 g/mol. The molecule has 0 bridgehead atoms. The summed E-state index contributed by atoms with van der Waals surface area (Å²) >= 11 is 1.49. The first-order valence-electron chi connectivity index (χ1n) is 6.06. The summed E-state index contributed by atoms with van der Waals surface area (Å²) in [4.78, 5) is 15.9. The van der Waals surface area contributed by atoms with Crippen molar-refractivity contribution >= 4 is 17.2 Å². The molecule has 1 rings (SSSR count). The summed E-state index contributed by atoms with van der Waals surface area (Å²) in [6.07, 6.45) is 2.89. The second-order valence-electron chi connectivity index (χ2n) is 4.46. The zero-order chi connectivity index (χ0) is 12.7. The van der Waals surface area contributed by atoms with Crippen molar-refractivity contribution in [3.63, 3.8) is 0 Å². The van der Waals surface area contributed by atoms with Crippen LogP contribution in [-0.4, -0.2) is 24.0 Å². The predicted molar refractivity (Wildman–Crippen MR) is 71.3 cm³/mol. The van der Waals surface area contributed by atoms with Gasteiger partial charge >= 0.3 is 0 Å². The highest BCUT2D eigenvalue weighted by atomic mass is 32.1. The zero-order valence-corrected chi connectivity index (χ0v) is 11.3. The quantitative estimate of drug-likeness (QED) is 0.730. The van der Waals surface area contributed by atoms with E-state index in [0.29, 0.717) is 18.2 Å². The van der Waals surface area contributed by atoms with E-state index in [9.17, 15) is 4.79 Å². The van der Waals surface area contributed by atoms with Crippen LogP contribution in [0.4, 0.5) is 0 Å². The van der Waals surface area contributed by atoms with E-state index in [1.807, 2.05) is 0 Å². The van der Waals surface area contributed by atoms with Crippen LogP contribution in [0, 0.1) is 5.92 Å². The number of hydrogen-bond acceptors (Lipinski definition) is 4. The number of nitrogens with zero attached hydrogens (tertiary/aromatic N) is 1. The smallest absolute Gasteiger partial charge is 0.270 e. The first kappa shape index (κ1) is 14.1. The summed E-state index contributed by atoms with van der Waals surface area (Å²) in [5, 5.41) is 5.61. The largest absolute Gasteiger partial charge is 0.351 e. The van der Waals surface area contributed by atoms with Gasteiger partial charge in [-0.2, -0.15) is 0 Å². The predicted octanol–water partition coefficient (Wildman–Crippen LogP) is 1.81. The molecule has 0 aliphatic rings. The number of thiazole rings is 1. The van der Waals surface area contributed by atoms with Crippen molar-refractivity contribution in [3.05, 3.63) is 16.1 Å². The van der Waals surface area contributed by atoms with E-state index in [2.05, 4.69) is 24.1 Å². The summed E-state index contributed by atoms with van der Waals surface area (Å²) in [7, 11) is 0. The molecule has 1 heterocycles. The van der Waals surface area contributed by atoms with E-state index in [1.54, 1.807) is 5.38 Å². The number of rotatable bonds is 7. The van der Waals surface area contributed by atoms with Crippen molar-refractivity contribution in [3.8, 4) is 0 Å². The number of nitrogens with two attached hydrogens (primary N) is 1. The van der Waals surface area contributed by atoms with E-state index in [0.717, 1.165) is 30.8 Å². The molecule has 0 saturated heterocycles. The number of hydrogen-bond donors (Lipinski definition) is 2. The highest BCUT2D eigenvalue weighted by Crippen LogP contribution is 2.10. The topological polar surface area (TPSA) is 68.0 Å². The Morgan fingerprint density at radius 2 is 2.35 bits per heavy atom. The van der Waals surface area contributed by atoms with Gasteiger partial charge in [-0.15, -0.1) is 11.3 Å². The molecular formula is C12H21N3OS. The van der Waals surface area contributed by atoms with Crippen LogP contribution >= 0.6 is 11.3 Å². The Kier molecular flexibility index (Phi) is 6.15. The first-order valence-corrected chi connectivity index (χ1v) is 6.94. The van der Waals surface area contributed by atoms with Gasteiger partial charge in [-0.3, -0.25) is 4.79 Å². The Labute approximate surface area is 107 Å². The normalized spacial score (nSPS) is 10.8. The monoisotopic (exact) mass is 255 g/mol. The summed E-state index contributed by atoms with van der Waals surface area (Å²) in [6, 6.07) is 0.